The number of rotatable bonds is 4. The quantitative estimate of drug-likeness (QED) is 0.742. The predicted octanol–water partition coefficient (Wildman–Crippen LogP) is 2.57. The Morgan fingerprint density at radius 1 is 0.839 bits per heavy atom. The van der Waals surface area contributed by atoms with E-state index in [0.29, 0.717) is 51.6 Å². The van der Waals surface area contributed by atoms with Gasteiger partial charge in [0.15, 0.2) is 0 Å². The lowest BCUT2D eigenvalue weighted by Crippen LogP contribution is -2.54. The van der Waals surface area contributed by atoms with Gasteiger partial charge in [-0.25, -0.2) is 4.98 Å². The fourth-order valence-corrected chi connectivity index (χ4v) is 4.02. The molecule has 9 heteroatoms. The third-order valence-electron chi connectivity index (χ3n) is 5.88. The number of amides is 1. The van der Waals surface area contributed by atoms with Crippen LogP contribution in [0.25, 0.3) is 0 Å². The van der Waals surface area contributed by atoms with Gasteiger partial charge in [0, 0.05) is 64.2 Å². The number of hydrogen-bond acceptors (Lipinski definition) is 5. The maximum absolute atomic E-state index is 12.7. The van der Waals surface area contributed by atoms with Crippen LogP contribution in [0, 0.1) is 0 Å². The first-order chi connectivity index (χ1) is 14.9. The molecule has 2 aliphatic heterocycles. The van der Waals surface area contributed by atoms with Crippen molar-refractivity contribution < 1.29 is 18.0 Å². The van der Waals surface area contributed by atoms with Crippen LogP contribution >= 0.6 is 0 Å². The van der Waals surface area contributed by atoms with Gasteiger partial charge >= 0.3 is 6.18 Å². The molecule has 0 saturated carbocycles. The van der Waals surface area contributed by atoms with Gasteiger partial charge in [-0.15, -0.1) is 0 Å². The molecule has 6 nitrogen and oxygen atoms in total. The Balaban J connectivity index is 1.22. The fourth-order valence-electron chi connectivity index (χ4n) is 4.02. The molecule has 2 aromatic rings. The second-order valence-electron chi connectivity index (χ2n) is 7.87. The number of alkyl halides is 3. The van der Waals surface area contributed by atoms with E-state index in [1.54, 1.807) is 0 Å². The first kappa shape index (κ1) is 21.4. The van der Waals surface area contributed by atoms with Crippen molar-refractivity contribution in [2.75, 3.05) is 68.7 Å². The second-order valence-corrected chi connectivity index (χ2v) is 7.87. The second kappa shape index (κ2) is 9.13. The van der Waals surface area contributed by atoms with Gasteiger partial charge in [-0.3, -0.25) is 9.69 Å². The van der Waals surface area contributed by atoms with E-state index < -0.39 is 11.7 Å². The summed E-state index contributed by atoms with van der Waals surface area (Å²) in [4.78, 5) is 25.0. The molecular formula is C22H26F3N5O. The SMILES string of the molecule is O=C(CN1CCN(c2ccc(C(F)(F)F)cn2)CC1)N1CCN(c2ccccc2)CC1. The number of piperazine rings is 2. The average Bonchev–Trinajstić information content (AvgIpc) is 2.80. The summed E-state index contributed by atoms with van der Waals surface area (Å²) in [5.74, 6) is 0.671. The van der Waals surface area contributed by atoms with Crippen LogP contribution in [0.4, 0.5) is 24.7 Å². The summed E-state index contributed by atoms with van der Waals surface area (Å²) in [7, 11) is 0. The molecule has 4 rings (SSSR count). The van der Waals surface area contributed by atoms with Crippen LogP contribution in [0.3, 0.4) is 0 Å². The zero-order valence-electron chi connectivity index (χ0n) is 17.3. The number of benzene rings is 1. The maximum atomic E-state index is 12.7. The number of aromatic nitrogens is 1. The number of halogens is 3. The van der Waals surface area contributed by atoms with E-state index in [4.69, 9.17) is 0 Å². The van der Waals surface area contributed by atoms with Crippen LogP contribution in [-0.2, 0) is 11.0 Å². The molecule has 2 saturated heterocycles. The van der Waals surface area contributed by atoms with Crippen LogP contribution < -0.4 is 9.80 Å². The molecule has 0 unspecified atom stereocenters. The summed E-state index contributed by atoms with van der Waals surface area (Å²) in [6, 6.07) is 12.7. The first-order valence-corrected chi connectivity index (χ1v) is 10.5. The van der Waals surface area contributed by atoms with Crippen LogP contribution in [-0.4, -0.2) is 79.6 Å². The number of nitrogens with zero attached hydrogens (tertiary/aromatic N) is 5. The number of carbonyl (C=O) groups excluding carboxylic acids is 1. The van der Waals surface area contributed by atoms with Crippen molar-refractivity contribution in [3.8, 4) is 0 Å². The molecule has 1 aromatic heterocycles. The van der Waals surface area contributed by atoms with Crippen molar-refractivity contribution in [2.24, 2.45) is 0 Å². The Kier molecular flexibility index (Phi) is 6.31. The van der Waals surface area contributed by atoms with Gasteiger partial charge < -0.3 is 14.7 Å². The number of anilines is 2. The van der Waals surface area contributed by atoms with Gasteiger partial charge in [0.05, 0.1) is 12.1 Å². The van der Waals surface area contributed by atoms with Crippen LogP contribution in [0.15, 0.2) is 48.7 Å². The van der Waals surface area contributed by atoms with Gasteiger partial charge in [-0.1, -0.05) is 18.2 Å². The molecule has 0 radical (unpaired) electrons. The van der Waals surface area contributed by atoms with E-state index in [2.05, 4.69) is 26.9 Å². The zero-order chi connectivity index (χ0) is 21.8. The largest absolute Gasteiger partial charge is 0.417 e. The molecule has 166 valence electrons. The van der Waals surface area contributed by atoms with Crippen molar-refractivity contribution in [2.45, 2.75) is 6.18 Å². The molecule has 0 bridgehead atoms. The molecule has 2 aliphatic rings. The van der Waals surface area contributed by atoms with Gasteiger partial charge in [0.2, 0.25) is 5.91 Å². The average molecular weight is 433 g/mol. The lowest BCUT2D eigenvalue weighted by atomic mass is 10.2. The molecule has 0 N–H and O–H groups in total. The Bertz CT molecular complexity index is 859. The van der Waals surface area contributed by atoms with E-state index in [9.17, 15) is 18.0 Å². The van der Waals surface area contributed by atoms with Gasteiger partial charge in [0.1, 0.15) is 5.82 Å². The molecule has 0 atom stereocenters. The minimum absolute atomic E-state index is 0.133. The fraction of sp³-hybridized carbons (Fsp3) is 0.455. The molecule has 31 heavy (non-hydrogen) atoms. The smallest absolute Gasteiger partial charge is 0.368 e. The topological polar surface area (TPSA) is 42.9 Å². The standard InChI is InChI=1S/C22H26F3N5O/c23-22(24,25)18-6-7-20(26-16-18)29-10-8-27(9-11-29)17-21(31)30-14-12-28(13-15-30)19-4-2-1-3-5-19/h1-7,16H,8-15,17H2. The highest BCUT2D eigenvalue weighted by Crippen LogP contribution is 2.29. The molecule has 0 aliphatic carbocycles. The summed E-state index contributed by atoms with van der Waals surface area (Å²) in [6.45, 7) is 6.07. The van der Waals surface area contributed by atoms with Crippen molar-refractivity contribution in [3.05, 3.63) is 54.2 Å². The Labute approximate surface area is 179 Å². The predicted molar refractivity (Wildman–Crippen MR) is 113 cm³/mol. The molecular weight excluding hydrogens is 407 g/mol. The van der Waals surface area contributed by atoms with Gasteiger partial charge in [-0.2, -0.15) is 13.2 Å². The molecule has 0 spiro atoms. The minimum Gasteiger partial charge on any atom is -0.368 e. The van der Waals surface area contributed by atoms with Gasteiger partial charge in [-0.05, 0) is 24.3 Å². The lowest BCUT2D eigenvalue weighted by Gasteiger charge is -2.39. The Morgan fingerprint density at radius 2 is 1.48 bits per heavy atom. The van der Waals surface area contributed by atoms with Crippen LogP contribution in [0.5, 0.6) is 0 Å². The van der Waals surface area contributed by atoms with Crippen LogP contribution in [0.1, 0.15) is 5.56 Å². The lowest BCUT2D eigenvalue weighted by molar-refractivity contribution is -0.137. The van der Waals surface area contributed by atoms with E-state index in [1.807, 2.05) is 28.0 Å². The number of para-hydroxylation sites is 1. The first-order valence-electron chi connectivity index (χ1n) is 10.5. The molecule has 1 aromatic carbocycles. The van der Waals surface area contributed by atoms with Crippen molar-refractivity contribution in [1.29, 1.82) is 0 Å². The van der Waals surface area contributed by atoms with Crippen molar-refractivity contribution in [1.82, 2.24) is 14.8 Å². The highest BCUT2D eigenvalue weighted by Gasteiger charge is 2.31. The third kappa shape index (κ3) is 5.28. The number of pyridine rings is 1. The number of carbonyl (C=O) groups is 1. The molecule has 3 heterocycles. The summed E-state index contributed by atoms with van der Waals surface area (Å²) in [6.07, 6.45) is -3.50. The highest BCUT2D eigenvalue weighted by atomic mass is 19.4. The molecule has 1 amide bonds. The summed E-state index contributed by atoms with van der Waals surface area (Å²) in [5.41, 5.74) is 0.440. The van der Waals surface area contributed by atoms with Crippen molar-refractivity contribution >= 4 is 17.4 Å². The third-order valence-corrected chi connectivity index (χ3v) is 5.88. The maximum Gasteiger partial charge on any atom is 0.417 e. The summed E-state index contributed by atoms with van der Waals surface area (Å²) < 4.78 is 38.1. The van der Waals surface area contributed by atoms with Gasteiger partial charge in [0.25, 0.3) is 0 Å². The summed E-state index contributed by atoms with van der Waals surface area (Å²) in [5, 5.41) is 0. The Morgan fingerprint density at radius 3 is 2.06 bits per heavy atom. The number of hydrogen-bond donors (Lipinski definition) is 0. The highest BCUT2D eigenvalue weighted by molar-refractivity contribution is 5.78. The van der Waals surface area contributed by atoms with E-state index in [0.717, 1.165) is 25.4 Å². The minimum atomic E-state index is -4.38. The van der Waals surface area contributed by atoms with Crippen LogP contribution in [0.2, 0.25) is 0 Å². The normalized spacial score (nSPS) is 18.4. The monoisotopic (exact) mass is 433 g/mol. The van der Waals surface area contributed by atoms with Crippen molar-refractivity contribution in [3.63, 3.8) is 0 Å². The Hall–Kier alpha value is -2.81. The molecule has 2 fully saturated rings. The zero-order valence-corrected chi connectivity index (χ0v) is 17.3. The van der Waals surface area contributed by atoms with E-state index >= 15 is 0 Å². The van der Waals surface area contributed by atoms with E-state index in [-0.39, 0.29) is 5.91 Å². The van der Waals surface area contributed by atoms with E-state index in [1.165, 1.54) is 11.8 Å². The summed E-state index contributed by atoms with van der Waals surface area (Å²) >= 11 is 0.